The molecule has 0 unspecified atom stereocenters. The number of aryl methyl sites for hydroxylation is 1. The minimum atomic E-state index is -0.0703. The van der Waals surface area contributed by atoms with Crippen molar-refractivity contribution in [3.05, 3.63) is 52.3 Å². The molecule has 5 nitrogen and oxygen atoms in total. The molecule has 0 spiro atoms. The molecular weight excluding hydrogens is 338 g/mol. The molecule has 2 aromatic rings. The van der Waals surface area contributed by atoms with E-state index in [4.69, 9.17) is 0 Å². The van der Waals surface area contributed by atoms with Gasteiger partial charge in [0.25, 0.3) is 5.91 Å². The van der Waals surface area contributed by atoms with Crippen molar-refractivity contribution in [1.29, 1.82) is 0 Å². The number of nitrogens with one attached hydrogen (secondary N) is 2. The van der Waals surface area contributed by atoms with Gasteiger partial charge in [-0.3, -0.25) is 9.59 Å². The van der Waals surface area contributed by atoms with Crippen molar-refractivity contribution in [3.8, 4) is 0 Å². The number of H-pyrrole nitrogens is 1. The molecule has 1 aliphatic heterocycles. The Morgan fingerprint density at radius 2 is 1.96 bits per heavy atom. The number of nitrogens with zero attached hydrogens (tertiary/aromatic N) is 1. The van der Waals surface area contributed by atoms with Gasteiger partial charge in [-0.25, -0.2) is 0 Å². The van der Waals surface area contributed by atoms with Crippen molar-refractivity contribution in [3.63, 3.8) is 0 Å². The molecule has 0 saturated heterocycles. The fraction of sp³-hybridized carbons (Fsp3) is 0.364. The smallest absolute Gasteiger partial charge is 0.256 e. The minimum Gasteiger partial charge on any atom is -0.358 e. The number of anilines is 1. The van der Waals surface area contributed by atoms with E-state index in [1.165, 1.54) is 29.7 Å². The molecule has 2 amide bonds. The molecule has 1 aliphatic carbocycles. The zero-order chi connectivity index (χ0) is 19.0. The summed E-state index contributed by atoms with van der Waals surface area (Å²) in [6, 6.07) is 7.76. The van der Waals surface area contributed by atoms with Gasteiger partial charge in [-0.2, -0.15) is 0 Å². The minimum absolute atomic E-state index is 0.0703. The van der Waals surface area contributed by atoms with E-state index >= 15 is 0 Å². The Morgan fingerprint density at radius 1 is 1.19 bits per heavy atom. The highest BCUT2D eigenvalue weighted by atomic mass is 16.2. The SMILES string of the molecule is CN(C)C(=O)CCc1c(/C=C2\C(=O)Nc3ccccc32)[nH]c2c1CCCC2. The zero-order valence-corrected chi connectivity index (χ0v) is 15.9. The summed E-state index contributed by atoms with van der Waals surface area (Å²) in [7, 11) is 3.58. The van der Waals surface area contributed by atoms with Crippen LogP contribution >= 0.6 is 0 Å². The number of carbonyl (C=O) groups is 2. The number of aromatic amines is 1. The molecule has 1 aromatic carbocycles. The van der Waals surface area contributed by atoms with Gasteiger partial charge in [0, 0.05) is 43.2 Å². The normalized spacial score (nSPS) is 16.8. The third kappa shape index (κ3) is 3.29. The zero-order valence-electron chi connectivity index (χ0n) is 15.9. The molecule has 2 heterocycles. The predicted octanol–water partition coefficient (Wildman–Crippen LogP) is 3.41. The molecule has 0 fully saturated rings. The van der Waals surface area contributed by atoms with Crippen LogP contribution in [0, 0.1) is 0 Å². The van der Waals surface area contributed by atoms with Crippen LogP contribution < -0.4 is 5.32 Å². The maximum atomic E-state index is 12.5. The lowest BCUT2D eigenvalue weighted by Crippen LogP contribution is -2.22. The van der Waals surface area contributed by atoms with E-state index in [1.807, 2.05) is 30.3 Å². The quantitative estimate of drug-likeness (QED) is 0.818. The van der Waals surface area contributed by atoms with Crippen molar-refractivity contribution in [2.75, 3.05) is 19.4 Å². The number of amides is 2. The van der Waals surface area contributed by atoms with Crippen LogP contribution in [0.3, 0.4) is 0 Å². The second-order valence-corrected chi connectivity index (χ2v) is 7.53. The Bertz CT molecular complexity index is 937. The Balaban J connectivity index is 1.73. The summed E-state index contributed by atoms with van der Waals surface area (Å²) in [6.07, 6.45) is 7.59. The first kappa shape index (κ1) is 17.6. The lowest BCUT2D eigenvalue weighted by atomic mass is 9.92. The number of carbonyl (C=O) groups excluding carboxylic acids is 2. The van der Waals surface area contributed by atoms with Gasteiger partial charge in [0.15, 0.2) is 0 Å². The molecule has 140 valence electrons. The molecule has 2 aliphatic rings. The van der Waals surface area contributed by atoms with Gasteiger partial charge < -0.3 is 15.2 Å². The first-order valence-corrected chi connectivity index (χ1v) is 9.60. The number of fused-ring (bicyclic) bond motifs is 2. The monoisotopic (exact) mass is 363 g/mol. The predicted molar refractivity (Wildman–Crippen MR) is 107 cm³/mol. The van der Waals surface area contributed by atoms with Crippen LogP contribution in [0.2, 0.25) is 0 Å². The van der Waals surface area contributed by atoms with Crippen molar-refractivity contribution < 1.29 is 9.59 Å². The molecule has 0 radical (unpaired) electrons. The van der Waals surface area contributed by atoms with Crippen molar-refractivity contribution in [1.82, 2.24) is 9.88 Å². The standard InChI is InChI=1S/C22H25N3O2/c1-25(2)21(26)12-11-16-14-7-3-5-9-18(14)23-20(16)13-17-15-8-4-6-10-19(15)24-22(17)27/h4,6,8,10,13,23H,3,5,7,9,11-12H2,1-2H3,(H,24,27)/b17-13-. The van der Waals surface area contributed by atoms with Crippen molar-refractivity contribution >= 4 is 29.2 Å². The van der Waals surface area contributed by atoms with Gasteiger partial charge >= 0.3 is 0 Å². The fourth-order valence-corrected chi connectivity index (χ4v) is 4.07. The third-order valence-corrected chi connectivity index (χ3v) is 5.53. The summed E-state index contributed by atoms with van der Waals surface area (Å²) < 4.78 is 0. The van der Waals surface area contributed by atoms with Crippen LogP contribution in [0.5, 0.6) is 0 Å². The Labute approximate surface area is 159 Å². The first-order valence-electron chi connectivity index (χ1n) is 9.60. The van der Waals surface area contributed by atoms with Gasteiger partial charge in [0.2, 0.25) is 5.91 Å². The number of para-hydroxylation sites is 1. The van der Waals surface area contributed by atoms with Gasteiger partial charge in [-0.1, -0.05) is 18.2 Å². The summed E-state index contributed by atoms with van der Waals surface area (Å²) in [6.45, 7) is 0. The number of hydrogen-bond donors (Lipinski definition) is 2. The largest absolute Gasteiger partial charge is 0.358 e. The van der Waals surface area contributed by atoms with Crippen LogP contribution in [-0.2, 0) is 28.9 Å². The van der Waals surface area contributed by atoms with E-state index in [0.717, 1.165) is 29.8 Å². The van der Waals surface area contributed by atoms with E-state index in [0.29, 0.717) is 18.4 Å². The van der Waals surface area contributed by atoms with Crippen LogP contribution in [-0.4, -0.2) is 35.8 Å². The molecule has 1 aromatic heterocycles. The van der Waals surface area contributed by atoms with Crippen molar-refractivity contribution in [2.45, 2.75) is 38.5 Å². The summed E-state index contributed by atoms with van der Waals surface area (Å²) in [4.78, 5) is 29.8. The fourth-order valence-electron chi connectivity index (χ4n) is 4.07. The van der Waals surface area contributed by atoms with E-state index < -0.39 is 0 Å². The van der Waals surface area contributed by atoms with Crippen LogP contribution in [0.25, 0.3) is 11.6 Å². The van der Waals surface area contributed by atoms with E-state index in [-0.39, 0.29) is 11.8 Å². The summed E-state index contributed by atoms with van der Waals surface area (Å²) >= 11 is 0. The summed E-state index contributed by atoms with van der Waals surface area (Å²) in [5.74, 6) is 0.0578. The molecule has 0 bridgehead atoms. The van der Waals surface area contributed by atoms with Gasteiger partial charge in [0.05, 0.1) is 5.57 Å². The van der Waals surface area contributed by atoms with Gasteiger partial charge in [0.1, 0.15) is 0 Å². The second-order valence-electron chi connectivity index (χ2n) is 7.53. The van der Waals surface area contributed by atoms with Gasteiger partial charge in [-0.05, 0) is 55.4 Å². The van der Waals surface area contributed by atoms with Crippen LogP contribution in [0.1, 0.15) is 47.3 Å². The number of rotatable bonds is 4. The molecule has 27 heavy (non-hydrogen) atoms. The third-order valence-electron chi connectivity index (χ3n) is 5.53. The Kier molecular flexibility index (Phi) is 4.60. The van der Waals surface area contributed by atoms with E-state index in [1.54, 1.807) is 19.0 Å². The topological polar surface area (TPSA) is 65.2 Å². The van der Waals surface area contributed by atoms with Crippen LogP contribution in [0.15, 0.2) is 24.3 Å². The highest BCUT2D eigenvalue weighted by molar-refractivity contribution is 6.34. The Morgan fingerprint density at radius 3 is 2.78 bits per heavy atom. The molecule has 2 N–H and O–H groups in total. The van der Waals surface area contributed by atoms with E-state index in [2.05, 4.69) is 10.3 Å². The van der Waals surface area contributed by atoms with Crippen molar-refractivity contribution in [2.24, 2.45) is 0 Å². The highest BCUT2D eigenvalue weighted by Crippen LogP contribution is 2.35. The number of aromatic nitrogens is 1. The second kappa shape index (κ2) is 7.06. The average Bonchev–Trinajstić information content (AvgIpc) is 3.17. The Hall–Kier alpha value is -2.82. The summed E-state index contributed by atoms with van der Waals surface area (Å²) in [5, 5.41) is 2.93. The van der Waals surface area contributed by atoms with Gasteiger partial charge in [-0.15, -0.1) is 0 Å². The average molecular weight is 363 g/mol. The molecular formula is C22H25N3O2. The molecule has 0 saturated carbocycles. The highest BCUT2D eigenvalue weighted by Gasteiger charge is 2.26. The number of hydrogen-bond acceptors (Lipinski definition) is 2. The summed E-state index contributed by atoms with van der Waals surface area (Å²) in [5.41, 5.74) is 7.28. The van der Waals surface area contributed by atoms with Crippen LogP contribution in [0.4, 0.5) is 5.69 Å². The molecule has 0 atom stereocenters. The lowest BCUT2D eigenvalue weighted by Gasteiger charge is -2.14. The number of benzene rings is 1. The maximum Gasteiger partial charge on any atom is 0.256 e. The lowest BCUT2D eigenvalue weighted by molar-refractivity contribution is -0.128. The maximum absolute atomic E-state index is 12.5. The molecule has 5 heteroatoms. The van der Waals surface area contributed by atoms with E-state index in [9.17, 15) is 9.59 Å². The molecule has 4 rings (SSSR count). The first-order chi connectivity index (χ1) is 13.0.